The molecule has 2 atom stereocenters. The molecule has 0 radical (unpaired) electrons. The van der Waals surface area contributed by atoms with Crippen LogP contribution in [0.15, 0.2) is 36.4 Å². The first kappa shape index (κ1) is 19.5. The van der Waals surface area contributed by atoms with Crippen LogP contribution >= 0.6 is 0 Å². The molecule has 0 amide bonds. The zero-order valence-electron chi connectivity index (χ0n) is 15.2. The molecule has 1 fully saturated rings. The molecule has 0 unspecified atom stereocenters. The molecule has 1 aliphatic rings. The zero-order chi connectivity index (χ0) is 18.3. The van der Waals surface area contributed by atoms with Gasteiger partial charge in [0.15, 0.2) is 5.79 Å². The lowest BCUT2D eigenvalue weighted by Gasteiger charge is -2.41. The lowest BCUT2D eigenvalue weighted by Crippen LogP contribution is -2.41. The highest BCUT2D eigenvalue weighted by Gasteiger charge is 2.38. The van der Waals surface area contributed by atoms with Crippen molar-refractivity contribution in [2.45, 2.75) is 51.4 Å². The number of methoxy groups -OCH3 is 1. The highest BCUT2D eigenvalue weighted by atomic mass is 16.7. The summed E-state index contributed by atoms with van der Waals surface area (Å²) in [7, 11) is 1.67. The van der Waals surface area contributed by atoms with Crippen LogP contribution in [0.5, 0.6) is 5.75 Å². The van der Waals surface area contributed by atoms with Gasteiger partial charge in [-0.3, -0.25) is 4.79 Å². The quantitative estimate of drug-likeness (QED) is 0.708. The molecule has 1 aliphatic heterocycles. The second-order valence-corrected chi connectivity index (χ2v) is 6.73. The van der Waals surface area contributed by atoms with E-state index in [2.05, 4.69) is 0 Å². The smallest absolute Gasteiger partial charge is 0.303 e. The van der Waals surface area contributed by atoms with Crippen LogP contribution in [0.3, 0.4) is 0 Å². The Balaban J connectivity index is 2.03. The molecule has 5 nitrogen and oxygen atoms in total. The van der Waals surface area contributed by atoms with Crippen molar-refractivity contribution in [2.24, 2.45) is 5.92 Å². The van der Waals surface area contributed by atoms with Crippen LogP contribution in [0.25, 0.3) is 0 Å². The Morgan fingerprint density at radius 2 is 2.04 bits per heavy atom. The minimum absolute atomic E-state index is 0.0904. The van der Waals surface area contributed by atoms with Gasteiger partial charge in [-0.25, -0.2) is 0 Å². The van der Waals surface area contributed by atoms with Gasteiger partial charge in [-0.2, -0.15) is 0 Å². The molecule has 0 spiro atoms. The number of hydrogen-bond donors (Lipinski definition) is 1. The molecule has 1 heterocycles. The van der Waals surface area contributed by atoms with E-state index < -0.39 is 11.8 Å². The highest BCUT2D eigenvalue weighted by molar-refractivity contribution is 5.66. The Labute approximate surface area is 149 Å². The topological polar surface area (TPSA) is 65.0 Å². The number of para-hydroxylation sites is 1. The van der Waals surface area contributed by atoms with Gasteiger partial charge in [0.25, 0.3) is 0 Å². The average Bonchev–Trinajstić information content (AvgIpc) is 2.58. The Kier molecular flexibility index (Phi) is 7.02. The van der Waals surface area contributed by atoms with Crippen LogP contribution in [0, 0.1) is 5.92 Å². The van der Waals surface area contributed by atoms with E-state index in [4.69, 9.17) is 19.3 Å². The largest absolute Gasteiger partial charge is 0.496 e. The standard InChI is InChI=1S/C20H28O5/c1-20(2)24-14-15(10-6-4-5-7-13-18(21)22)19(25-20)16-11-8-9-12-17(16)23-3/h4-5,8-9,11-12,15,19H,6-7,10,13-14H2,1-3H3,(H,21,22)/b5-4-/t15-,19+/m1/s1. The van der Waals surface area contributed by atoms with Gasteiger partial charge in [0.05, 0.1) is 19.8 Å². The molecule has 0 aromatic heterocycles. The number of allylic oxidation sites excluding steroid dienone is 2. The Morgan fingerprint density at radius 1 is 1.32 bits per heavy atom. The SMILES string of the molecule is COc1ccccc1[C@H]1OC(C)(C)OC[C@H]1CC/C=C\CCC(=O)O. The molecule has 2 rings (SSSR count). The molecule has 25 heavy (non-hydrogen) atoms. The number of ether oxygens (including phenoxy) is 3. The highest BCUT2D eigenvalue weighted by Crippen LogP contribution is 2.42. The van der Waals surface area contributed by atoms with Crippen LogP contribution in [0.1, 0.15) is 51.2 Å². The monoisotopic (exact) mass is 348 g/mol. The predicted octanol–water partition coefficient (Wildman–Crippen LogP) is 4.34. The van der Waals surface area contributed by atoms with Gasteiger partial charge < -0.3 is 19.3 Å². The van der Waals surface area contributed by atoms with Crippen LogP contribution in [-0.2, 0) is 14.3 Å². The summed E-state index contributed by atoms with van der Waals surface area (Å²) in [4.78, 5) is 10.5. The summed E-state index contributed by atoms with van der Waals surface area (Å²) in [5, 5.41) is 8.65. The first-order valence-corrected chi connectivity index (χ1v) is 8.74. The molecular weight excluding hydrogens is 320 g/mol. The first-order valence-electron chi connectivity index (χ1n) is 8.74. The van der Waals surface area contributed by atoms with E-state index in [1.54, 1.807) is 7.11 Å². The average molecular weight is 348 g/mol. The molecule has 0 bridgehead atoms. The number of carbonyl (C=O) groups is 1. The molecule has 1 aromatic rings. The number of rotatable bonds is 8. The van der Waals surface area contributed by atoms with Gasteiger partial charge in [0.1, 0.15) is 5.75 Å². The maximum Gasteiger partial charge on any atom is 0.303 e. The normalized spacial score (nSPS) is 22.8. The molecule has 1 saturated heterocycles. The number of aliphatic carboxylic acids is 1. The van der Waals surface area contributed by atoms with Gasteiger partial charge in [-0.1, -0.05) is 30.4 Å². The van der Waals surface area contributed by atoms with Gasteiger partial charge in [0, 0.05) is 17.9 Å². The molecule has 0 saturated carbocycles. The Morgan fingerprint density at radius 3 is 2.76 bits per heavy atom. The minimum Gasteiger partial charge on any atom is -0.496 e. The number of carboxylic acid groups (broad SMARTS) is 1. The second kappa shape index (κ2) is 9.02. The summed E-state index contributed by atoms with van der Waals surface area (Å²) < 4.78 is 17.6. The van der Waals surface area contributed by atoms with Crippen LogP contribution in [0.4, 0.5) is 0 Å². The molecule has 138 valence electrons. The van der Waals surface area contributed by atoms with Crippen LogP contribution < -0.4 is 4.74 Å². The van der Waals surface area contributed by atoms with Crippen molar-refractivity contribution < 1.29 is 24.1 Å². The van der Waals surface area contributed by atoms with Crippen LogP contribution in [-0.4, -0.2) is 30.6 Å². The second-order valence-electron chi connectivity index (χ2n) is 6.73. The van der Waals surface area contributed by atoms with Gasteiger partial charge in [-0.05, 0) is 39.2 Å². The molecule has 1 aromatic carbocycles. The third kappa shape index (κ3) is 5.87. The van der Waals surface area contributed by atoms with E-state index >= 15 is 0 Å². The molecule has 5 heteroatoms. The fourth-order valence-corrected chi connectivity index (χ4v) is 3.04. The lowest BCUT2D eigenvalue weighted by molar-refractivity contribution is -0.296. The van der Waals surface area contributed by atoms with Crippen molar-refractivity contribution in [3.8, 4) is 5.75 Å². The fraction of sp³-hybridized carbons (Fsp3) is 0.550. The summed E-state index contributed by atoms with van der Waals surface area (Å²) >= 11 is 0. The molecular formula is C20H28O5. The maximum absolute atomic E-state index is 10.5. The van der Waals surface area contributed by atoms with E-state index in [-0.39, 0.29) is 18.4 Å². The summed E-state index contributed by atoms with van der Waals surface area (Å²) in [5.41, 5.74) is 1.04. The van der Waals surface area contributed by atoms with E-state index in [1.165, 1.54) is 0 Å². The summed E-state index contributed by atoms with van der Waals surface area (Å²) in [6.07, 6.45) is 6.39. The summed E-state index contributed by atoms with van der Waals surface area (Å²) in [6.45, 7) is 4.48. The lowest BCUT2D eigenvalue weighted by atomic mass is 9.90. The van der Waals surface area contributed by atoms with Crippen molar-refractivity contribution in [3.63, 3.8) is 0 Å². The van der Waals surface area contributed by atoms with Gasteiger partial charge >= 0.3 is 5.97 Å². The van der Waals surface area contributed by atoms with Crippen LogP contribution in [0.2, 0.25) is 0 Å². The third-order valence-electron chi connectivity index (χ3n) is 4.33. The predicted molar refractivity (Wildman–Crippen MR) is 95.6 cm³/mol. The van der Waals surface area contributed by atoms with Crippen molar-refractivity contribution in [2.75, 3.05) is 13.7 Å². The number of benzene rings is 1. The number of carboxylic acids is 1. The van der Waals surface area contributed by atoms with E-state index in [0.717, 1.165) is 24.2 Å². The van der Waals surface area contributed by atoms with E-state index in [0.29, 0.717) is 13.0 Å². The van der Waals surface area contributed by atoms with Crippen molar-refractivity contribution in [1.82, 2.24) is 0 Å². The van der Waals surface area contributed by atoms with Crippen molar-refractivity contribution >= 4 is 5.97 Å². The Bertz CT molecular complexity index is 594. The molecule has 1 N–H and O–H groups in total. The summed E-state index contributed by atoms with van der Waals surface area (Å²) in [5.74, 6) is -0.350. The zero-order valence-corrected chi connectivity index (χ0v) is 15.2. The van der Waals surface area contributed by atoms with E-state index in [1.807, 2.05) is 50.3 Å². The minimum atomic E-state index is -0.766. The van der Waals surface area contributed by atoms with E-state index in [9.17, 15) is 4.79 Å². The Hall–Kier alpha value is -1.85. The summed E-state index contributed by atoms with van der Waals surface area (Å²) in [6, 6.07) is 7.93. The molecule has 0 aliphatic carbocycles. The van der Waals surface area contributed by atoms with Gasteiger partial charge in [-0.15, -0.1) is 0 Å². The fourth-order valence-electron chi connectivity index (χ4n) is 3.04. The number of hydrogen-bond acceptors (Lipinski definition) is 4. The first-order chi connectivity index (χ1) is 11.9. The van der Waals surface area contributed by atoms with Crippen molar-refractivity contribution in [3.05, 3.63) is 42.0 Å². The maximum atomic E-state index is 10.5. The van der Waals surface area contributed by atoms with Gasteiger partial charge in [0.2, 0.25) is 0 Å². The third-order valence-corrected chi connectivity index (χ3v) is 4.33. The van der Waals surface area contributed by atoms with Crippen molar-refractivity contribution in [1.29, 1.82) is 0 Å².